The Hall–Kier alpha value is -3.11. The molecule has 1 saturated heterocycles. The largest absolute Gasteiger partial charge is 0.497 e. The van der Waals surface area contributed by atoms with E-state index in [1.807, 2.05) is 26.8 Å². The summed E-state index contributed by atoms with van der Waals surface area (Å²) >= 11 is 0. The Bertz CT molecular complexity index is 1300. The van der Waals surface area contributed by atoms with Crippen LogP contribution in [0.5, 0.6) is 11.5 Å². The summed E-state index contributed by atoms with van der Waals surface area (Å²) in [5.41, 5.74) is 1.16. The highest BCUT2D eigenvalue weighted by molar-refractivity contribution is 7.89. The molecule has 3 atom stereocenters. The summed E-state index contributed by atoms with van der Waals surface area (Å²) in [5, 5.41) is 14.7. The van der Waals surface area contributed by atoms with Gasteiger partial charge in [-0.05, 0) is 56.2 Å². The van der Waals surface area contributed by atoms with Crippen LogP contribution in [0.25, 0.3) is 10.9 Å². The van der Waals surface area contributed by atoms with Crippen LogP contribution < -0.4 is 9.47 Å². The van der Waals surface area contributed by atoms with E-state index in [0.29, 0.717) is 23.8 Å². The van der Waals surface area contributed by atoms with E-state index in [1.54, 1.807) is 48.2 Å². The molecule has 0 amide bonds. The van der Waals surface area contributed by atoms with Gasteiger partial charge in [0.2, 0.25) is 10.0 Å². The SMILES string of the molecule is CCOc1ccc(S(=O)(=O)N2C[C@H](n3nc(CC(=O)O)c4ccc(OC)cc43)[C@@H](C)[C@@H]2C)cc1. The summed E-state index contributed by atoms with van der Waals surface area (Å²) in [6, 6.07) is 11.3. The number of methoxy groups -OCH3 is 1. The number of carboxylic acid groups (broad SMARTS) is 1. The number of carbonyl (C=O) groups is 1. The molecule has 0 bridgehead atoms. The molecule has 1 N–H and O–H groups in total. The molecule has 2 heterocycles. The first-order valence-corrected chi connectivity index (χ1v) is 12.6. The normalized spacial score (nSPS) is 21.1. The molecule has 1 aromatic heterocycles. The standard InChI is InChI=1S/C24H29N3O6S/c1-5-33-17-6-9-19(10-7-17)34(30,31)26-14-23(15(2)16(26)3)27-22-12-18(32-4)8-11-20(22)21(25-27)13-24(28)29/h6-12,15-16,23H,5,13-14H2,1-4H3,(H,28,29)/t15-,16-,23-/m0/s1. The maximum atomic E-state index is 13.5. The Morgan fingerprint density at radius 2 is 1.82 bits per heavy atom. The molecule has 3 aromatic rings. The monoisotopic (exact) mass is 487 g/mol. The van der Waals surface area contributed by atoms with Gasteiger partial charge in [0.1, 0.15) is 11.5 Å². The summed E-state index contributed by atoms with van der Waals surface area (Å²) in [7, 11) is -2.19. The number of fused-ring (bicyclic) bond motifs is 1. The molecule has 0 unspecified atom stereocenters. The van der Waals surface area contributed by atoms with E-state index in [4.69, 9.17) is 9.47 Å². The maximum Gasteiger partial charge on any atom is 0.309 e. The van der Waals surface area contributed by atoms with Gasteiger partial charge in [0.05, 0.1) is 42.3 Å². The first kappa shape index (κ1) is 24.0. The minimum atomic E-state index is -3.75. The van der Waals surface area contributed by atoms with Crippen molar-refractivity contribution in [1.82, 2.24) is 14.1 Å². The van der Waals surface area contributed by atoms with Crippen LogP contribution in [0.2, 0.25) is 0 Å². The molecule has 0 radical (unpaired) electrons. The van der Waals surface area contributed by atoms with E-state index in [1.165, 1.54) is 4.31 Å². The molecular formula is C24H29N3O6S. The van der Waals surface area contributed by atoms with Crippen molar-refractivity contribution >= 4 is 26.9 Å². The number of aromatic nitrogens is 2. The average Bonchev–Trinajstić information content (AvgIpc) is 3.31. The quantitative estimate of drug-likeness (QED) is 0.519. The van der Waals surface area contributed by atoms with Crippen molar-refractivity contribution in [1.29, 1.82) is 0 Å². The van der Waals surface area contributed by atoms with Crippen LogP contribution in [0.4, 0.5) is 0 Å². The zero-order valence-electron chi connectivity index (χ0n) is 19.6. The number of benzene rings is 2. The third-order valence-electron chi connectivity index (χ3n) is 6.55. The number of aliphatic carboxylic acids is 1. The van der Waals surface area contributed by atoms with Gasteiger partial charge in [-0.25, -0.2) is 8.42 Å². The fourth-order valence-electron chi connectivity index (χ4n) is 4.56. The van der Waals surface area contributed by atoms with Crippen LogP contribution in [-0.2, 0) is 21.2 Å². The molecule has 1 aliphatic heterocycles. The molecule has 4 rings (SSSR count). The van der Waals surface area contributed by atoms with Crippen molar-refractivity contribution in [2.45, 2.75) is 44.2 Å². The maximum absolute atomic E-state index is 13.5. The predicted molar refractivity (Wildman–Crippen MR) is 127 cm³/mol. The molecule has 0 aliphatic carbocycles. The lowest BCUT2D eigenvalue weighted by molar-refractivity contribution is -0.136. The van der Waals surface area contributed by atoms with Crippen molar-refractivity contribution < 1.29 is 27.8 Å². The van der Waals surface area contributed by atoms with Crippen molar-refractivity contribution in [3.63, 3.8) is 0 Å². The molecule has 10 heteroatoms. The van der Waals surface area contributed by atoms with Crippen molar-refractivity contribution in [2.24, 2.45) is 5.92 Å². The van der Waals surface area contributed by atoms with E-state index >= 15 is 0 Å². The molecule has 182 valence electrons. The number of carboxylic acids is 1. The number of hydrogen-bond donors (Lipinski definition) is 1. The fraction of sp³-hybridized carbons (Fsp3) is 0.417. The van der Waals surface area contributed by atoms with E-state index in [-0.39, 0.29) is 35.9 Å². The highest BCUT2D eigenvalue weighted by atomic mass is 32.2. The topological polar surface area (TPSA) is 111 Å². The van der Waals surface area contributed by atoms with Gasteiger partial charge in [0.15, 0.2) is 0 Å². The Kier molecular flexibility index (Phi) is 6.55. The molecule has 0 saturated carbocycles. The number of rotatable bonds is 8. The Morgan fingerprint density at radius 3 is 2.44 bits per heavy atom. The van der Waals surface area contributed by atoms with Crippen LogP contribution >= 0.6 is 0 Å². The second-order valence-corrected chi connectivity index (χ2v) is 10.4. The Morgan fingerprint density at radius 1 is 1.15 bits per heavy atom. The van der Waals surface area contributed by atoms with Crippen LogP contribution in [0.3, 0.4) is 0 Å². The number of hydrogen-bond acceptors (Lipinski definition) is 6. The lowest BCUT2D eigenvalue weighted by Gasteiger charge is -2.22. The Labute approximate surface area is 198 Å². The first-order chi connectivity index (χ1) is 16.2. The third-order valence-corrected chi connectivity index (χ3v) is 8.52. The van der Waals surface area contributed by atoms with Gasteiger partial charge in [0.25, 0.3) is 0 Å². The van der Waals surface area contributed by atoms with Gasteiger partial charge < -0.3 is 14.6 Å². The Balaban J connectivity index is 1.72. The van der Waals surface area contributed by atoms with E-state index < -0.39 is 16.0 Å². The minimum absolute atomic E-state index is 0.0653. The van der Waals surface area contributed by atoms with E-state index in [2.05, 4.69) is 5.10 Å². The number of sulfonamides is 1. The second kappa shape index (κ2) is 9.27. The lowest BCUT2D eigenvalue weighted by Crippen LogP contribution is -2.35. The molecule has 0 spiro atoms. The molecule has 1 fully saturated rings. The lowest BCUT2D eigenvalue weighted by atomic mass is 10.00. The fourth-order valence-corrected chi connectivity index (χ4v) is 6.29. The summed E-state index contributed by atoms with van der Waals surface area (Å²) in [5.74, 6) is 0.192. The highest BCUT2D eigenvalue weighted by Gasteiger charge is 2.44. The number of nitrogens with zero attached hydrogens (tertiary/aromatic N) is 3. The van der Waals surface area contributed by atoms with Gasteiger partial charge in [-0.3, -0.25) is 9.48 Å². The van der Waals surface area contributed by atoms with E-state index in [0.717, 1.165) is 10.9 Å². The zero-order chi connectivity index (χ0) is 24.6. The van der Waals surface area contributed by atoms with Crippen molar-refractivity contribution in [3.05, 3.63) is 48.2 Å². The first-order valence-electron chi connectivity index (χ1n) is 11.2. The van der Waals surface area contributed by atoms with Crippen molar-refractivity contribution in [3.8, 4) is 11.5 Å². The summed E-state index contributed by atoms with van der Waals surface area (Å²) < 4.78 is 41.1. The van der Waals surface area contributed by atoms with Crippen LogP contribution in [0.1, 0.15) is 32.5 Å². The van der Waals surface area contributed by atoms with Gasteiger partial charge >= 0.3 is 5.97 Å². The van der Waals surface area contributed by atoms with Crippen LogP contribution in [-0.4, -0.2) is 59.9 Å². The molecule has 9 nitrogen and oxygen atoms in total. The smallest absolute Gasteiger partial charge is 0.309 e. The average molecular weight is 488 g/mol. The van der Waals surface area contributed by atoms with Crippen LogP contribution in [0, 0.1) is 5.92 Å². The zero-order valence-corrected chi connectivity index (χ0v) is 20.4. The summed E-state index contributed by atoms with van der Waals surface area (Å²) in [6.45, 7) is 6.47. The second-order valence-electron chi connectivity index (χ2n) is 8.49. The highest BCUT2D eigenvalue weighted by Crippen LogP contribution is 2.39. The van der Waals surface area contributed by atoms with Gasteiger partial charge in [0, 0.05) is 24.0 Å². The van der Waals surface area contributed by atoms with Crippen LogP contribution in [0.15, 0.2) is 47.4 Å². The molecule has 34 heavy (non-hydrogen) atoms. The summed E-state index contributed by atoms with van der Waals surface area (Å²) in [4.78, 5) is 11.6. The molecule has 1 aliphatic rings. The van der Waals surface area contributed by atoms with Gasteiger partial charge in [-0.1, -0.05) is 6.92 Å². The number of ether oxygens (including phenoxy) is 2. The molecular weight excluding hydrogens is 458 g/mol. The third kappa shape index (κ3) is 4.23. The minimum Gasteiger partial charge on any atom is -0.497 e. The van der Waals surface area contributed by atoms with E-state index in [9.17, 15) is 18.3 Å². The van der Waals surface area contributed by atoms with Crippen molar-refractivity contribution in [2.75, 3.05) is 20.3 Å². The predicted octanol–water partition coefficient (Wildman–Crippen LogP) is 3.34. The molecule has 2 aromatic carbocycles. The van der Waals surface area contributed by atoms with Gasteiger partial charge in [-0.15, -0.1) is 0 Å². The van der Waals surface area contributed by atoms with Gasteiger partial charge in [-0.2, -0.15) is 9.40 Å². The summed E-state index contributed by atoms with van der Waals surface area (Å²) in [6.07, 6.45) is -0.222.